The largest absolute Gasteiger partial charge is 0.508 e. The maximum atomic E-state index is 12.8. The molecule has 26 heavy (non-hydrogen) atoms. The van der Waals surface area contributed by atoms with Gasteiger partial charge in [0.1, 0.15) is 16.9 Å². The quantitative estimate of drug-likeness (QED) is 0.533. The van der Waals surface area contributed by atoms with Gasteiger partial charge in [-0.25, -0.2) is 4.79 Å². The van der Waals surface area contributed by atoms with E-state index in [2.05, 4.69) is 0 Å². The molecule has 0 fully saturated rings. The van der Waals surface area contributed by atoms with Gasteiger partial charge in [0.15, 0.2) is 0 Å². The summed E-state index contributed by atoms with van der Waals surface area (Å²) in [6.07, 6.45) is -0.0948. The monoisotopic (exact) mass is 356 g/mol. The molecule has 0 bridgehead atoms. The summed E-state index contributed by atoms with van der Waals surface area (Å²) in [6, 6.07) is 7.12. The average Bonchev–Trinajstić information content (AvgIpc) is 2.60. The molecule has 2 N–H and O–H groups in total. The number of hydrogen-bond acceptors (Lipinski definition) is 6. The maximum absolute atomic E-state index is 12.8. The van der Waals surface area contributed by atoms with Crippen molar-refractivity contribution in [1.82, 2.24) is 0 Å². The molecule has 0 spiro atoms. The molecule has 7 nitrogen and oxygen atoms in total. The van der Waals surface area contributed by atoms with E-state index in [1.54, 1.807) is 6.92 Å². The van der Waals surface area contributed by atoms with Crippen molar-refractivity contribution in [3.63, 3.8) is 0 Å². The molecule has 0 aliphatic carbocycles. The van der Waals surface area contributed by atoms with Crippen LogP contribution in [0.4, 0.5) is 0 Å². The predicted molar refractivity (Wildman–Crippen MR) is 93.6 cm³/mol. The lowest BCUT2D eigenvalue weighted by molar-refractivity contribution is -0.136. The molecule has 0 atom stereocenters. The molecule has 1 aromatic heterocycles. The highest BCUT2D eigenvalue weighted by atomic mass is 16.5. The predicted octanol–water partition coefficient (Wildman–Crippen LogP) is 2.85. The normalized spacial score (nSPS) is 11.0. The zero-order valence-electron chi connectivity index (χ0n) is 13.9. The molecule has 0 aliphatic rings. The third kappa shape index (κ3) is 3.23. The minimum Gasteiger partial charge on any atom is -0.508 e. The van der Waals surface area contributed by atoms with Crippen LogP contribution in [-0.4, -0.2) is 28.8 Å². The number of fused-ring (bicyclic) bond motifs is 2. The van der Waals surface area contributed by atoms with Crippen LogP contribution in [-0.2, 0) is 16.0 Å². The van der Waals surface area contributed by atoms with Crippen LogP contribution in [0.25, 0.3) is 21.9 Å². The number of carboxylic acid groups (broad SMARTS) is 1. The van der Waals surface area contributed by atoms with Crippen LogP contribution in [0.2, 0.25) is 0 Å². The number of ether oxygens (including phenoxy) is 1. The van der Waals surface area contributed by atoms with E-state index in [-0.39, 0.29) is 58.1 Å². The number of carbonyl (C=O) groups is 2. The minimum atomic E-state index is -1.01. The van der Waals surface area contributed by atoms with Gasteiger partial charge in [-0.1, -0.05) is 0 Å². The van der Waals surface area contributed by atoms with Crippen molar-refractivity contribution in [3.05, 3.63) is 51.7 Å². The number of benzene rings is 2. The summed E-state index contributed by atoms with van der Waals surface area (Å²) >= 11 is 0. The fourth-order valence-electron chi connectivity index (χ4n) is 2.72. The lowest BCUT2D eigenvalue weighted by atomic mass is 10.0. The molecule has 0 saturated heterocycles. The Morgan fingerprint density at radius 1 is 1.12 bits per heavy atom. The van der Waals surface area contributed by atoms with Crippen LogP contribution in [0.5, 0.6) is 5.75 Å². The van der Waals surface area contributed by atoms with E-state index in [4.69, 9.17) is 14.3 Å². The second kappa shape index (κ2) is 6.87. The summed E-state index contributed by atoms with van der Waals surface area (Å²) in [4.78, 5) is 35.4. The third-order valence-electron chi connectivity index (χ3n) is 3.99. The molecule has 0 unspecified atom stereocenters. The lowest BCUT2D eigenvalue weighted by Gasteiger charge is -2.07. The van der Waals surface area contributed by atoms with Crippen molar-refractivity contribution in [2.75, 3.05) is 6.61 Å². The zero-order valence-corrected chi connectivity index (χ0v) is 13.9. The number of carboxylic acids is 1. The van der Waals surface area contributed by atoms with Crippen molar-refractivity contribution in [2.24, 2.45) is 0 Å². The van der Waals surface area contributed by atoms with Gasteiger partial charge in [0.2, 0.25) is 5.43 Å². The number of rotatable bonds is 5. The molecule has 2 aromatic carbocycles. The van der Waals surface area contributed by atoms with Crippen LogP contribution in [0.1, 0.15) is 29.3 Å². The molecule has 3 aromatic rings. The van der Waals surface area contributed by atoms with Gasteiger partial charge >= 0.3 is 11.9 Å². The third-order valence-corrected chi connectivity index (χ3v) is 3.99. The molecule has 7 heteroatoms. The molecule has 134 valence electrons. The summed E-state index contributed by atoms with van der Waals surface area (Å²) < 4.78 is 10.6. The first kappa shape index (κ1) is 17.5. The summed E-state index contributed by atoms with van der Waals surface area (Å²) in [7, 11) is 0. The van der Waals surface area contributed by atoms with Gasteiger partial charge < -0.3 is 19.4 Å². The number of aliphatic carboxylic acids is 1. The average molecular weight is 356 g/mol. The molecule has 0 amide bonds. The highest BCUT2D eigenvalue weighted by Gasteiger charge is 2.15. The summed E-state index contributed by atoms with van der Waals surface area (Å²) in [5, 5.41) is 19.3. The van der Waals surface area contributed by atoms with E-state index in [0.717, 1.165) is 0 Å². The number of aromatic hydroxyl groups is 1. The molecule has 1 heterocycles. The number of aryl methyl sites for hydroxylation is 1. The van der Waals surface area contributed by atoms with Crippen molar-refractivity contribution < 1.29 is 29.0 Å². The van der Waals surface area contributed by atoms with E-state index in [0.29, 0.717) is 5.56 Å². The Kier molecular flexibility index (Phi) is 4.62. The van der Waals surface area contributed by atoms with E-state index in [1.807, 2.05) is 0 Å². The Bertz CT molecular complexity index is 1080. The number of carbonyl (C=O) groups excluding carboxylic acids is 1. The first-order chi connectivity index (χ1) is 12.4. The number of phenols is 1. The van der Waals surface area contributed by atoms with Crippen molar-refractivity contribution >= 4 is 33.9 Å². The summed E-state index contributed by atoms with van der Waals surface area (Å²) in [5.41, 5.74) is 0.657. The number of esters is 1. The molecular weight excluding hydrogens is 340 g/mol. The van der Waals surface area contributed by atoms with Gasteiger partial charge in [-0.15, -0.1) is 0 Å². The molecule has 0 saturated carbocycles. The molecule has 3 rings (SSSR count). The maximum Gasteiger partial charge on any atom is 0.338 e. The summed E-state index contributed by atoms with van der Waals surface area (Å²) in [5.74, 6) is -1.68. The van der Waals surface area contributed by atoms with E-state index in [9.17, 15) is 19.5 Å². The molecular formula is C19H16O7. The van der Waals surface area contributed by atoms with Crippen LogP contribution in [0, 0.1) is 0 Å². The second-order valence-corrected chi connectivity index (χ2v) is 5.73. The van der Waals surface area contributed by atoms with Gasteiger partial charge in [-0.3, -0.25) is 9.59 Å². The van der Waals surface area contributed by atoms with Gasteiger partial charge in [-0.05, 0) is 43.2 Å². The van der Waals surface area contributed by atoms with Gasteiger partial charge in [0.25, 0.3) is 0 Å². The zero-order chi connectivity index (χ0) is 18.8. The van der Waals surface area contributed by atoms with Crippen molar-refractivity contribution in [2.45, 2.75) is 19.8 Å². The Morgan fingerprint density at radius 3 is 2.54 bits per heavy atom. The Balaban J connectivity index is 2.17. The number of hydrogen-bond donors (Lipinski definition) is 2. The highest BCUT2D eigenvalue weighted by molar-refractivity contribution is 5.97. The van der Waals surface area contributed by atoms with Crippen LogP contribution in [0.15, 0.2) is 39.5 Å². The first-order valence-electron chi connectivity index (χ1n) is 8.02. The number of phenolic OH excluding ortho intramolecular Hbond substituents is 1. The van der Waals surface area contributed by atoms with Crippen LogP contribution >= 0.6 is 0 Å². The highest BCUT2D eigenvalue weighted by Crippen LogP contribution is 2.27. The van der Waals surface area contributed by atoms with E-state index in [1.165, 1.54) is 30.3 Å². The van der Waals surface area contributed by atoms with Crippen molar-refractivity contribution in [1.29, 1.82) is 0 Å². The SMILES string of the molecule is CCOC(=O)c1ccc2oc3cc(O)c(CCC(=O)O)cc3c(=O)c2c1. The molecule has 0 radical (unpaired) electrons. The lowest BCUT2D eigenvalue weighted by Crippen LogP contribution is -2.08. The Hall–Kier alpha value is -3.35. The fraction of sp³-hybridized carbons (Fsp3) is 0.211. The Morgan fingerprint density at radius 2 is 1.85 bits per heavy atom. The Labute approximate surface area is 147 Å². The van der Waals surface area contributed by atoms with E-state index < -0.39 is 11.9 Å². The van der Waals surface area contributed by atoms with Gasteiger partial charge in [-0.2, -0.15) is 0 Å². The topological polar surface area (TPSA) is 114 Å². The second-order valence-electron chi connectivity index (χ2n) is 5.73. The van der Waals surface area contributed by atoms with Gasteiger partial charge in [0.05, 0.1) is 22.9 Å². The van der Waals surface area contributed by atoms with E-state index >= 15 is 0 Å². The standard InChI is InChI=1S/C19H16O7/c1-2-25-19(24)11-3-5-15-12(8-11)18(23)13-7-10(4-6-17(21)22)14(20)9-16(13)26-15/h3,5,7-9,20H,2,4,6H2,1H3,(H,21,22). The first-order valence-corrected chi connectivity index (χ1v) is 8.02. The smallest absolute Gasteiger partial charge is 0.338 e. The van der Waals surface area contributed by atoms with Crippen molar-refractivity contribution in [3.8, 4) is 5.75 Å². The van der Waals surface area contributed by atoms with Gasteiger partial charge in [0, 0.05) is 12.5 Å². The van der Waals surface area contributed by atoms with Crippen LogP contribution < -0.4 is 5.43 Å². The van der Waals surface area contributed by atoms with Crippen LogP contribution in [0.3, 0.4) is 0 Å². The molecule has 0 aliphatic heterocycles. The fourth-order valence-corrected chi connectivity index (χ4v) is 2.72. The minimum absolute atomic E-state index is 0.0808. The summed E-state index contributed by atoms with van der Waals surface area (Å²) in [6.45, 7) is 1.90.